The van der Waals surface area contributed by atoms with Gasteiger partial charge in [0.15, 0.2) is 5.82 Å². The number of nitrogens with zero attached hydrogens (tertiary/aromatic N) is 3. The molecular formula is C14H15ClN4O2. The van der Waals surface area contributed by atoms with Crippen molar-refractivity contribution < 1.29 is 9.32 Å². The number of hydrogen-bond acceptors (Lipinski definition) is 6. The maximum atomic E-state index is 10.8. The van der Waals surface area contributed by atoms with Crippen LogP contribution in [0.2, 0.25) is 5.02 Å². The molecule has 0 saturated carbocycles. The van der Waals surface area contributed by atoms with E-state index in [0.717, 1.165) is 24.9 Å². The summed E-state index contributed by atoms with van der Waals surface area (Å²) in [5, 5.41) is 7.75. The van der Waals surface area contributed by atoms with Crippen LogP contribution in [0.15, 0.2) is 28.8 Å². The van der Waals surface area contributed by atoms with Crippen LogP contribution in [0, 0.1) is 0 Å². The lowest BCUT2D eigenvalue weighted by Crippen LogP contribution is -2.51. The Hall–Kier alpha value is -1.76. The lowest BCUT2D eigenvalue weighted by atomic mass is 10.2. The third-order valence-corrected chi connectivity index (χ3v) is 3.59. The number of rotatable bonds is 4. The maximum Gasteiger partial charge on any atom is 0.258 e. The van der Waals surface area contributed by atoms with Crippen molar-refractivity contribution >= 4 is 17.9 Å². The van der Waals surface area contributed by atoms with E-state index in [9.17, 15) is 4.79 Å². The summed E-state index contributed by atoms with van der Waals surface area (Å²) in [5.74, 6) is 1.06. The molecule has 1 aliphatic rings. The Bertz CT molecular complexity index is 631. The average molecular weight is 307 g/mol. The summed E-state index contributed by atoms with van der Waals surface area (Å²) in [6.45, 7) is 2.86. The summed E-state index contributed by atoms with van der Waals surface area (Å²) >= 11 is 5.95. The lowest BCUT2D eigenvalue weighted by Gasteiger charge is -2.29. The molecule has 1 unspecified atom stereocenters. The molecule has 0 radical (unpaired) electrons. The number of carbonyl (C=O) groups is 1. The van der Waals surface area contributed by atoms with Gasteiger partial charge >= 0.3 is 0 Å². The SMILES string of the molecule is O=CC1CN(Cc2noc(-c3cccc(Cl)c3)n2)CCN1. The Morgan fingerprint density at radius 3 is 3.24 bits per heavy atom. The number of benzene rings is 1. The van der Waals surface area contributed by atoms with Gasteiger partial charge in [-0.2, -0.15) is 4.98 Å². The largest absolute Gasteiger partial charge is 0.334 e. The first kappa shape index (κ1) is 14.2. The molecule has 0 bridgehead atoms. The van der Waals surface area contributed by atoms with Crippen LogP contribution >= 0.6 is 11.6 Å². The van der Waals surface area contributed by atoms with E-state index in [1.165, 1.54) is 0 Å². The standard InChI is InChI=1S/C14H15ClN4O2/c15-11-3-1-2-10(6-11)14-17-13(18-21-14)8-19-5-4-16-12(7-19)9-20/h1-3,6,9,12,16H,4-5,7-8H2. The molecule has 0 spiro atoms. The summed E-state index contributed by atoms with van der Waals surface area (Å²) in [6.07, 6.45) is 0.930. The fraction of sp³-hybridized carbons (Fsp3) is 0.357. The summed E-state index contributed by atoms with van der Waals surface area (Å²) in [4.78, 5) is 17.3. The third kappa shape index (κ3) is 3.47. The maximum absolute atomic E-state index is 10.8. The van der Waals surface area contributed by atoms with E-state index in [-0.39, 0.29) is 6.04 Å². The van der Waals surface area contributed by atoms with Gasteiger partial charge in [0.2, 0.25) is 0 Å². The average Bonchev–Trinajstić information content (AvgIpc) is 2.96. The van der Waals surface area contributed by atoms with Gasteiger partial charge in [-0.3, -0.25) is 4.90 Å². The van der Waals surface area contributed by atoms with Crippen molar-refractivity contribution in [3.05, 3.63) is 35.1 Å². The minimum atomic E-state index is -0.127. The minimum absolute atomic E-state index is 0.127. The molecule has 7 heteroatoms. The number of halogens is 1. The van der Waals surface area contributed by atoms with Gasteiger partial charge in [0.05, 0.1) is 12.6 Å². The van der Waals surface area contributed by atoms with Crippen LogP contribution < -0.4 is 5.32 Å². The van der Waals surface area contributed by atoms with Crippen molar-refractivity contribution in [2.75, 3.05) is 19.6 Å². The molecule has 21 heavy (non-hydrogen) atoms. The number of nitrogens with one attached hydrogen (secondary N) is 1. The highest BCUT2D eigenvalue weighted by atomic mass is 35.5. The topological polar surface area (TPSA) is 71.3 Å². The predicted molar refractivity (Wildman–Crippen MR) is 77.9 cm³/mol. The zero-order valence-corrected chi connectivity index (χ0v) is 12.1. The predicted octanol–water partition coefficient (Wildman–Crippen LogP) is 1.36. The molecule has 6 nitrogen and oxygen atoms in total. The van der Waals surface area contributed by atoms with Gasteiger partial charge in [0.1, 0.15) is 6.29 Å². The van der Waals surface area contributed by atoms with E-state index >= 15 is 0 Å². The van der Waals surface area contributed by atoms with E-state index in [4.69, 9.17) is 16.1 Å². The lowest BCUT2D eigenvalue weighted by molar-refractivity contribution is -0.110. The number of carbonyl (C=O) groups excluding carboxylic acids is 1. The quantitative estimate of drug-likeness (QED) is 0.860. The van der Waals surface area contributed by atoms with Gasteiger partial charge in [0, 0.05) is 30.2 Å². The fourth-order valence-electron chi connectivity index (χ4n) is 2.33. The van der Waals surface area contributed by atoms with Gasteiger partial charge in [-0.05, 0) is 18.2 Å². The Morgan fingerprint density at radius 1 is 1.52 bits per heavy atom. The van der Waals surface area contributed by atoms with Crippen molar-refractivity contribution in [3.8, 4) is 11.5 Å². The molecule has 1 aromatic heterocycles. The van der Waals surface area contributed by atoms with Gasteiger partial charge in [-0.1, -0.05) is 22.8 Å². The second kappa shape index (κ2) is 6.34. The number of hydrogen-bond donors (Lipinski definition) is 1. The van der Waals surface area contributed by atoms with Crippen molar-refractivity contribution in [2.45, 2.75) is 12.6 Å². The van der Waals surface area contributed by atoms with Gasteiger partial charge < -0.3 is 14.6 Å². The van der Waals surface area contributed by atoms with E-state index in [0.29, 0.717) is 29.8 Å². The molecule has 0 aliphatic carbocycles. The highest BCUT2D eigenvalue weighted by Crippen LogP contribution is 2.21. The van der Waals surface area contributed by atoms with E-state index in [1.807, 2.05) is 12.1 Å². The van der Waals surface area contributed by atoms with Crippen molar-refractivity contribution in [2.24, 2.45) is 0 Å². The van der Waals surface area contributed by atoms with E-state index in [2.05, 4.69) is 20.4 Å². The summed E-state index contributed by atoms with van der Waals surface area (Å²) < 4.78 is 5.27. The zero-order valence-electron chi connectivity index (χ0n) is 11.3. The Morgan fingerprint density at radius 2 is 2.43 bits per heavy atom. The van der Waals surface area contributed by atoms with Crippen molar-refractivity contribution in [3.63, 3.8) is 0 Å². The normalized spacial score (nSPS) is 19.6. The van der Waals surface area contributed by atoms with Crippen LogP contribution in [0.5, 0.6) is 0 Å². The zero-order chi connectivity index (χ0) is 14.7. The molecule has 2 heterocycles. The summed E-state index contributed by atoms with van der Waals surface area (Å²) in [5.41, 5.74) is 0.798. The Labute approximate surface area is 127 Å². The van der Waals surface area contributed by atoms with E-state index < -0.39 is 0 Å². The second-order valence-corrected chi connectivity index (χ2v) is 5.39. The molecule has 0 amide bonds. The molecule has 1 N–H and O–H groups in total. The van der Waals surface area contributed by atoms with Crippen LogP contribution in [0.25, 0.3) is 11.5 Å². The van der Waals surface area contributed by atoms with Crippen LogP contribution in [0.3, 0.4) is 0 Å². The molecule has 1 aliphatic heterocycles. The molecule has 1 aromatic carbocycles. The first-order valence-corrected chi connectivity index (χ1v) is 7.12. The van der Waals surface area contributed by atoms with Gasteiger partial charge in [-0.15, -0.1) is 0 Å². The second-order valence-electron chi connectivity index (χ2n) is 4.96. The van der Waals surface area contributed by atoms with Crippen molar-refractivity contribution in [1.29, 1.82) is 0 Å². The smallest absolute Gasteiger partial charge is 0.258 e. The Balaban J connectivity index is 1.69. The first-order chi connectivity index (χ1) is 10.2. The van der Waals surface area contributed by atoms with Crippen LogP contribution in [0.1, 0.15) is 5.82 Å². The third-order valence-electron chi connectivity index (χ3n) is 3.36. The molecular weight excluding hydrogens is 292 g/mol. The molecule has 1 atom stereocenters. The molecule has 110 valence electrons. The van der Waals surface area contributed by atoms with E-state index in [1.54, 1.807) is 12.1 Å². The first-order valence-electron chi connectivity index (χ1n) is 6.74. The summed E-state index contributed by atoms with van der Waals surface area (Å²) in [6, 6.07) is 7.16. The van der Waals surface area contributed by atoms with Crippen LogP contribution in [-0.2, 0) is 11.3 Å². The minimum Gasteiger partial charge on any atom is -0.334 e. The van der Waals surface area contributed by atoms with Crippen LogP contribution in [0.4, 0.5) is 0 Å². The molecule has 3 rings (SSSR count). The fourth-order valence-corrected chi connectivity index (χ4v) is 2.52. The van der Waals surface area contributed by atoms with Gasteiger partial charge in [-0.25, -0.2) is 0 Å². The van der Waals surface area contributed by atoms with Gasteiger partial charge in [0.25, 0.3) is 5.89 Å². The number of aldehydes is 1. The highest BCUT2D eigenvalue weighted by Gasteiger charge is 2.20. The van der Waals surface area contributed by atoms with Crippen LogP contribution in [-0.4, -0.2) is 47.0 Å². The summed E-state index contributed by atoms with van der Waals surface area (Å²) in [7, 11) is 0. The number of piperazine rings is 1. The number of aromatic nitrogens is 2. The Kier molecular flexibility index (Phi) is 4.28. The monoisotopic (exact) mass is 306 g/mol. The van der Waals surface area contributed by atoms with Crippen molar-refractivity contribution in [1.82, 2.24) is 20.4 Å². The molecule has 2 aromatic rings. The molecule has 1 fully saturated rings. The highest BCUT2D eigenvalue weighted by molar-refractivity contribution is 6.30. The molecule has 1 saturated heterocycles.